The van der Waals surface area contributed by atoms with Crippen LogP contribution in [0.5, 0.6) is 5.75 Å². The Hall–Kier alpha value is -1.76. The standard InChI is InChI=1S/C16H24N2O4S/c1-13-6-5-9-17(11-13)16(19)12-18(23(3,20)21)14-7-4-8-15(10-14)22-2/h4,7-8,10,13H,5-6,9,11-12H2,1-3H3. The smallest absolute Gasteiger partial charge is 0.243 e. The molecule has 0 spiro atoms. The Morgan fingerprint density at radius 1 is 1.43 bits per heavy atom. The van der Waals surface area contributed by atoms with Gasteiger partial charge >= 0.3 is 0 Å². The molecule has 23 heavy (non-hydrogen) atoms. The molecular weight excluding hydrogens is 316 g/mol. The van der Waals surface area contributed by atoms with E-state index in [1.54, 1.807) is 29.2 Å². The first kappa shape index (κ1) is 17.6. The Balaban J connectivity index is 2.21. The summed E-state index contributed by atoms with van der Waals surface area (Å²) < 4.78 is 30.5. The summed E-state index contributed by atoms with van der Waals surface area (Å²) in [4.78, 5) is 14.3. The highest BCUT2D eigenvalue weighted by molar-refractivity contribution is 7.92. The lowest BCUT2D eigenvalue weighted by atomic mass is 10.0. The molecule has 1 aliphatic rings. The Morgan fingerprint density at radius 2 is 2.17 bits per heavy atom. The summed E-state index contributed by atoms with van der Waals surface area (Å²) in [6.07, 6.45) is 3.18. The van der Waals surface area contributed by atoms with E-state index in [9.17, 15) is 13.2 Å². The van der Waals surface area contributed by atoms with E-state index in [1.165, 1.54) is 7.11 Å². The zero-order valence-corrected chi connectivity index (χ0v) is 14.7. The van der Waals surface area contributed by atoms with Crippen molar-refractivity contribution >= 4 is 21.6 Å². The first-order valence-corrected chi connectivity index (χ1v) is 9.55. The molecule has 1 amide bonds. The van der Waals surface area contributed by atoms with Gasteiger partial charge in [0.2, 0.25) is 15.9 Å². The number of piperidine rings is 1. The maximum Gasteiger partial charge on any atom is 0.243 e. The second-order valence-corrected chi connectivity index (χ2v) is 7.97. The number of anilines is 1. The minimum Gasteiger partial charge on any atom is -0.497 e. The van der Waals surface area contributed by atoms with Crippen LogP contribution >= 0.6 is 0 Å². The van der Waals surface area contributed by atoms with Crippen molar-refractivity contribution in [3.8, 4) is 5.75 Å². The van der Waals surface area contributed by atoms with E-state index in [1.807, 2.05) is 0 Å². The van der Waals surface area contributed by atoms with Crippen LogP contribution in [0.2, 0.25) is 0 Å². The molecule has 1 fully saturated rings. The molecular formula is C16H24N2O4S. The van der Waals surface area contributed by atoms with Gasteiger partial charge in [-0.2, -0.15) is 0 Å². The summed E-state index contributed by atoms with van der Waals surface area (Å²) in [5.41, 5.74) is 0.435. The van der Waals surface area contributed by atoms with E-state index < -0.39 is 10.0 Å². The molecule has 0 aliphatic carbocycles. The van der Waals surface area contributed by atoms with Gasteiger partial charge in [-0.25, -0.2) is 8.42 Å². The highest BCUT2D eigenvalue weighted by Gasteiger charge is 2.26. The van der Waals surface area contributed by atoms with Crippen LogP contribution in [0.3, 0.4) is 0 Å². The van der Waals surface area contributed by atoms with E-state index in [0.29, 0.717) is 30.4 Å². The highest BCUT2D eigenvalue weighted by Crippen LogP contribution is 2.24. The number of benzene rings is 1. The molecule has 0 N–H and O–H groups in total. The topological polar surface area (TPSA) is 66.9 Å². The van der Waals surface area contributed by atoms with Crippen LogP contribution in [-0.4, -0.2) is 52.2 Å². The summed E-state index contributed by atoms with van der Waals surface area (Å²) in [5.74, 6) is 0.844. The van der Waals surface area contributed by atoms with Crippen LogP contribution in [0.1, 0.15) is 19.8 Å². The molecule has 1 heterocycles. The van der Waals surface area contributed by atoms with Crippen LogP contribution in [0, 0.1) is 5.92 Å². The van der Waals surface area contributed by atoms with E-state index in [-0.39, 0.29) is 12.5 Å². The zero-order valence-electron chi connectivity index (χ0n) is 13.9. The lowest BCUT2D eigenvalue weighted by Crippen LogP contribution is -2.46. The van der Waals surface area contributed by atoms with Crippen LogP contribution in [0.15, 0.2) is 24.3 Å². The molecule has 1 saturated heterocycles. The molecule has 6 nitrogen and oxygen atoms in total. The lowest BCUT2D eigenvalue weighted by molar-refractivity contribution is -0.131. The number of amides is 1. The Morgan fingerprint density at radius 3 is 2.78 bits per heavy atom. The van der Waals surface area contributed by atoms with Gasteiger partial charge in [0.1, 0.15) is 12.3 Å². The molecule has 1 unspecified atom stereocenters. The average Bonchev–Trinajstić information content (AvgIpc) is 2.51. The SMILES string of the molecule is COc1cccc(N(CC(=O)N2CCCC(C)C2)S(C)(=O)=O)c1. The number of methoxy groups -OCH3 is 1. The Labute approximate surface area is 138 Å². The number of ether oxygens (including phenoxy) is 1. The van der Waals surface area contributed by atoms with Gasteiger partial charge in [-0.1, -0.05) is 13.0 Å². The summed E-state index contributed by atoms with van der Waals surface area (Å²) in [6, 6.07) is 6.72. The molecule has 0 saturated carbocycles. The molecule has 0 aromatic heterocycles. The maximum atomic E-state index is 12.5. The van der Waals surface area contributed by atoms with Gasteiger partial charge in [0.05, 0.1) is 19.1 Å². The molecule has 0 radical (unpaired) electrons. The predicted molar refractivity (Wildman–Crippen MR) is 90.2 cm³/mol. The number of rotatable bonds is 5. The summed E-state index contributed by atoms with van der Waals surface area (Å²) >= 11 is 0. The van der Waals surface area contributed by atoms with Crippen LogP contribution in [0.25, 0.3) is 0 Å². The van der Waals surface area contributed by atoms with E-state index in [2.05, 4.69) is 6.92 Å². The highest BCUT2D eigenvalue weighted by atomic mass is 32.2. The van der Waals surface area contributed by atoms with Gasteiger partial charge in [0.25, 0.3) is 0 Å². The quantitative estimate of drug-likeness (QED) is 0.818. The third kappa shape index (κ3) is 4.60. The normalized spacial score (nSPS) is 18.6. The molecule has 1 aromatic carbocycles. The van der Waals surface area contributed by atoms with Crippen molar-refractivity contribution in [3.63, 3.8) is 0 Å². The second kappa shape index (κ2) is 7.21. The predicted octanol–water partition coefficient (Wildman–Crippen LogP) is 1.72. The van der Waals surface area contributed by atoms with Crippen molar-refractivity contribution in [2.45, 2.75) is 19.8 Å². The van der Waals surface area contributed by atoms with Crippen molar-refractivity contribution in [2.75, 3.05) is 37.3 Å². The molecule has 1 atom stereocenters. The van der Waals surface area contributed by atoms with Crippen LogP contribution in [0.4, 0.5) is 5.69 Å². The Kier molecular flexibility index (Phi) is 5.51. The van der Waals surface area contributed by atoms with Crippen molar-refractivity contribution in [1.29, 1.82) is 0 Å². The fourth-order valence-corrected chi connectivity index (χ4v) is 3.65. The zero-order chi connectivity index (χ0) is 17.0. The number of carbonyl (C=O) groups excluding carboxylic acids is 1. The fraction of sp³-hybridized carbons (Fsp3) is 0.562. The molecule has 1 aromatic rings. The number of likely N-dealkylation sites (tertiary alicyclic amines) is 1. The van der Waals surface area contributed by atoms with Gasteiger partial charge in [0, 0.05) is 19.2 Å². The second-order valence-electron chi connectivity index (χ2n) is 6.06. The van der Waals surface area contributed by atoms with Crippen LogP contribution in [-0.2, 0) is 14.8 Å². The first-order chi connectivity index (χ1) is 10.8. The molecule has 2 rings (SSSR count). The summed E-state index contributed by atoms with van der Waals surface area (Å²) in [6.45, 7) is 3.31. The molecule has 0 bridgehead atoms. The fourth-order valence-electron chi connectivity index (χ4n) is 2.80. The molecule has 128 valence electrons. The van der Waals surface area contributed by atoms with Gasteiger partial charge in [0.15, 0.2) is 0 Å². The maximum absolute atomic E-state index is 12.5. The van der Waals surface area contributed by atoms with Crippen molar-refractivity contribution in [1.82, 2.24) is 4.90 Å². The lowest BCUT2D eigenvalue weighted by Gasteiger charge is -2.33. The minimum atomic E-state index is -3.56. The largest absolute Gasteiger partial charge is 0.497 e. The monoisotopic (exact) mass is 340 g/mol. The van der Waals surface area contributed by atoms with Gasteiger partial charge in [-0.15, -0.1) is 0 Å². The number of nitrogens with zero attached hydrogens (tertiary/aromatic N) is 2. The summed E-state index contributed by atoms with van der Waals surface area (Å²) in [7, 11) is -2.04. The van der Waals surface area contributed by atoms with Crippen molar-refractivity contribution < 1.29 is 17.9 Å². The van der Waals surface area contributed by atoms with Gasteiger partial charge in [-0.3, -0.25) is 9.10 Å². The molecule has 1 aliphatic heterocycles. The first-order valence-electron chi connectivity index (χ1n) is 7.71. The van der Waals surface area contributed by atoms with E-state index >= 15 is 0 Å². The number of carbonyl (C=O) groups is 1. The van der Waals surface area contributed by atoms with Crippen molar-refractivity contribution in [2.24, 2.45) is 5.92 Å². The Bertz CT molecular complexity index is 660. The van der Waals surface area contributed by atoms with Crippen molar-refractivity contribution in [3.05, 3.63) is 24.3 Å². The third-order valence-corrected chi connectivity index (χ3v) is 5.17. The summed E-state index contributed by atoms with van der Waals surface area (Å²) in [5, 5.41) is 0. The van der Waals surface area contributed by atoms with Gasteiger partial charge in [-0.05, 0) is 30.9 Å². The number of sulfonamides is 1. The van der Waals surface area contributed by atoms with E-state index in [4.69, 9.17) is 4.74 Å². The molecule has 7 heteroatoms. The third-order valence-electron chi connectivity index (χ3n) is 4.03. The number of hydrogen-bond donors (Lipinski definition) is 0. The minimum absolute atomic E-state index is 0.162. The number of hydrogen-bond acceptors (Lipinski definition) is 4. The van der Waals surface area contributed by atoms with Gasteiger partial charge < -0.3 is 9.64 Å². The van der Waals surface area contributed by atoms with Crippen LogP contribution < -0.4 is 9.04 Å². The average molecular weight is 340 g/mol. The van der Waals surface area contributed by atoms with E-state index in [0.717, 1.165) is 23.4 Å².